The Hall–Kier alpha value is -1.35. The molecule has 1 aromatic rings. The fourth-order valence-electron chi connectivity index (χ4n) is 1.32. The molecule has 0 aromatic heterocycles. The Morgan fingerprint density at radius 1 is 1.50 bits per heavy atom. The van der Waals surface area contributed by atoms with Crippen LogP contribution in [0.5, 0.6) is 5.75 Å². The maximum atomic E-state index is 13.3. The average Bonchev–Trinajstić information content (AvgIpc) is 2.14. The van der Waals surface area contributed by atoms with Crippen LogP contribution in [0.25, 0.3) is 6.08 Å². The molecule has 0 radical (unpaired) electrons. The summed E-state index contributed by atoms with van der Waals surface area (Å²) in [5.74, 6) is -0.0425. The van der Waals surface area contributed by atoms with Crippen LogP contribution in [0.3, 0.4) is 0 Å². The normalized spacial score (nSPS) is 10.9. The molecule has 0 heterocycles. The Morgan fingerprint density at radius 3 is 2.71 bits per heavy atom. The highest BCUT2D eigenvalue weighted by atomic mass is 19.1. The molecule has 0 fully saturated rings. The molecule has 76 valence electrons. The molecule has 0 aliphatic heterocycles. The van der Waals surface area contributed by atoms with Crippen LogP contribution < -0.4 is 10.5 Å². The van der Waals surface area contributed by atoms with Gasteiger partial charge in [0.05, 0.1) is 7.11 Å². The molecular formula is C11H14FNO. The van der Waals surface area contributed by atoms with Crippen LogP contribution in [0.1, 0.15) is 11.1 Å². The van der Waals surface area contributed by atoms with Crippen LogP contribution in [0, 0.1) is 12.7 Å². The molecule has 3 heteroatoms. The van der Waals surface area contributed by atoms with Crippen molar-refractivity contribution in [3.05, 3.63) is 35.2 Å². The number of nitrogens with two attached hydrogens (primary N) is 1. The van der Waals surface area contributed by atoms with Crippen molar-refractivity contribution in [2.45, 2.75) is 6.92 Å². The molecule has 0 unspecified atom stereocenters. The van der Waals surface area contributed by atoms with Crippen molar-refractivity contribution < 1.29 is 9.13 Å². The second-order valence-corrected chi connectivity index (χ2v) is 2.99. The van der Waals surface area contributed by atoms with Crippen LogP contribution in [0.2, 0.25) is 0 Å². The standard InChI is InChI=1S/C11H14FNO/c1-8-6-9(4-3-5-13)7-10(12)11(8)14-2/h3-4,6-7H,5,13H2,1-2H3/b4-3+. The minimum Gasteiger partial charge on any atom is -0.493 e. The lowest BCUT2D eigenvalue weighted by atomic mass is 10.1. The summed E-state index contributed by atoms with van der Waals surface area (Å²) < 4.78 is 18.3. The summed E-state index contributed by atoms with van der Waals surface area (Å²) in [7, 11) is 1.46. The Balaban J connectivity index is 3.07. The number of rotatable bonds is 3. The third-order valence-electron chi connectivity index (χ3n) is 1.90. The van der Waals surface area contributed by atoms with E-state index in [0.29, 0.717) is 12.3 Å². The molecule has 14 heavy (non-hydrogen) atoms. The van der Waals surface area contributed by atoms with Crippen LogP contribution in [0.15, 0.2) is 18.2 Å². The molecule has 0 spiro atoms. The van der Waals surface area contributed by atoms with Gasteiger partial charge in [0.15, 0.2) is 11.6 Å². The molecule has 1 aromatic carbocycles. The third-order valence-corrected chi connectivity index (χ3v) is 1.90. The summed E-state index contributed by atoms with van der Waals surface area (Å²) in [5, 5.41) is 0. The second kappa shape index (κ2) is 4.77. The predicted molar refractivity (Wildman–Crippen MR) is 55.8 cm³/mol. The van der Waals surface area contributed by atoms with E-state index in [0.717, 1.165) is 11.1 Å². The Kier molecular flexibility index (Phi) is 3.65. The maximum Gasteiger partial charge on any atom is 0.165 e. The number of halogens is 1. The first-order chi connectivity index (χ1) is 6.69. The molecule has 0 amide bonds. The molecule has 1 rings (SSSR count). The van der Waals surface area contributed by atoms with Crippen molar-refractivity contribution in [1.82, 2.24) is 0 Å². The molecule has 0 aliphatic carbocycles. The van der Waals surface area contributed by atoms with Crippen molar-refractivity contribution in [3.63, 3.8) is 0 Å². The first-order valence-electron chi connectivity index (χ1n) is 4.39. The van der Waals surface area contributed by atoms with Gasteiger partial charge in [0, 0.05) is 6.54 Å². The van der Waals surface area contributed by atoms with Gasteiger partial charge in [0.2, 0.25) is 0 Å². The zero-order valence-electron chi connectivity index (χ0n) is 8.38. The Bertz CT molecular complexity index is 324. The highest BCUT2D eigenvalue weighted by Crippen LogP contribution is 2.23. The summed E-state index contributed by atoms with van der Waals surface area (Å²) in [6, 6.07) is 3.28. The van der Waals surface area contributed by atoms with E-state index in [1.165, 1.54) is 13.2 Å². The molecule has 2 nitrogen and oxygen atoms in total. The highest BCUT2D eigenvalue weighted by molar-refractivity contribution is 5.53. The smallest absolute Gasteiger partial charge is 0.165 e. The molecule has 0 atom stereocenters. The van der Waals surface area contributed by atoms with Crippen molar-refractivity contribution in [1.29, 1.82) is 0 Å². The largest absolute Gasteiger partial charge is 0.493 e. The van der Waals surface area contributed by atoms with E-state index < -0.39 is 0 Å². The van der Waals surface area contributed by atoms with Gasteiger partial charge >= 0.3 is 0 Å². The molecule has 0 saturated carbocycles. The van der Waals surface area contributed by atoms with E-state index >= 15 is 0 Å². The van der Waals surface area contributed by atoms with Gasteiger partial charge in [0.25, 0.3) is 0 Å². The van der Waals surface area contributed by atoms with Crippen LogP contribution in [-0.4, -0.2) is 13.7 Å². The van der Waals surface area contributed by atoms with E-state index in [2.05, 4.69) is 0 Å². The zero-order chi connectivity index (χ0) is 10.6. The first-order valence-corrected chi connectivity index (χ1v) is 4.39. The molecule has 0 bridgehead atoms. The van der Waals surface area contributed by atoms with Crippen molar-refractivity contribution in [2.24, 2.45) is 5.73 Å². The van der Waals surface area contributed by atoms with Crippen molar-refractivity contribution in [3.8, 4) is 5.75 Å². The summed E-state index contributed by atoms with van der Waals surface area (Å²) in [5.41, 5.74) is 6.88. The lowest BCUT2D eigenvalue weighted by molar-refractivity contribution is 0.383. The van der Waals surface area contributed by atoms with Gasteiger partial charge in [-0.25, -0.2) is 4.39 Å². The molecule has 0 aliphatic rings. The maximum absolute atomic E-state index is 13.3. The van der Waals surface area contributed by atoms with E-state index in [9.17, 15) is 4.39 Å². The topological polar surface area (TPSA) is 35.2 Å². The van der Waals surface area contributed by atoms with E-state index in [4.69, 9.17) is 10.5 Å². The lowest BCUT2D eigenvalue weighted by Gasteiger charge is -2.06. The van der Waals surface area contributed by atoms with Gasteiger partial charge in [-0.3, -0.25) is 0 Å². The molecule has 0 saturated heterocycles. The number of benzene rings is 1. The van der Waals surface area contributed by atoms with E-state index in [1.54, 1.807) is 12.2 Å². The van der Waals surface area contributed by atoms with Gasteiger partial charge in [-0.05, 0) is 30.2 Å². The van der Waals surface area contributed by atoms with Gasteiger partial charge in [-0.2, -0.15) is 0 Å². The lowest BCUT2D eigenvalue weighted by Crippen LogP contribution is -1.94. The fourth-order valence-corrected chi connectivity index (χ4v) is 1.32. The van der Waals surface area contributed by atoms with Gasteiger partial charge in [0.1, 0.15) is 0 Å². The number of aryl methyl sites for hydroxylation is 1. The quantitative estimate of drug-likeness (QED) is 0.801. The highest BCUT2D eigenvalue weighted by Gasteiger charge is 2.06. The van der Waals surface area contributed by atoms with Crippen molar-refractivity contribution >= 4 is 6.08 Å². The summed E-state index contributed by atoms with van der Waals surface area (Å²) >= 11 is 0. The van der Waals surface area contributed by atoms with Gasteiger partial charge in [-0.1, -0.05) is 12.2 Å². The van der Waals surface area contributed by atoms with Crippen LogP contribution in [-0.2, 0) is 0 Å². The van der Waals surface area contributed by atoms with E-state index in [-0.39, 0.29) is 5.82 Å². The molecule has 2 N–H and O–H groups in total. The summed E-state index contributed by atoms with van der Waals surface area (Å²) in [6.07, 6.45) is 3.57. The van der Waals surface area contributed by atoms with Crippen LogP contribution in [0.4, 0.5) is 4.39 Å². The first kappa shape index (κ1) is 10.7. The number of hydrogen-bond acceptors (Lipinski definition) is 2. The number of hydrogen-bond donors (Lipinski definition) is 1. The van der Waals surface area contributed by atoms with E-state index in [1.807, 2.05) is 13.0 Å². The number of ether oxygens (including phenoxy) is 1. The zero-order valence-corrected chi connectivity index (χ0v) is 8.38. The van der Waals surface area contributed by atoms with Gasteiger partial charge in [-0.15, -0.1) is 0 Å². The number of methoxy groups -OCH3 is 1. The Morgan fingerprint density at radius 2 is 2.21 bits per heavy atom. The minimum absolute atomic E-state index is 0.301. The minimum atomic E-state index is -0.343. The van der Waals surface area contributed by atoms with Crippen LogP contribution >= 0.6 is 0 Å². The SMILES string of the molecule is COc1c(C)cc(/C=C/CN)cc1F. The van der Waals surface area contributed by atoms with Gasteiger partial charge < -0.3 is 10.5 Å². The monoisotopic (exact) mass is 195 g/mol. The van der Waals surface area contributed by atoms with Crippen molar-refractivity contribution in [2.75, 3.05) is 13.7 Å². The summed E-state index contributed by atoms with van der Waals surface area (Å²) in [6.45, 7) is 2.26. The molecular weight excluding hydrogens is 181 g/mol. The average molecular weight is 195 g/mol. The fraction of sp³-hybridized carbons (Fsp3) is 0.273. The summed E-state index contributed by atoms with van der Waals surface area (Å²) in [4.78, 5) is 0. The Labute approximate surface area is 83.2 Å². The predicted octanol–water partition coefficient (Wildman–Crippen LogP) is 2.11. The second-order valence-electron chi connectivity index (χ2n) is 2.99. The third kappa shape index (κ3) is 2.33.